The lowest BCUT2D eigenvalue weighted by Crippen LogP contribution is -2.46. The molecule has 1 aromatic carbocycles. The highest BCUT2D eigenvalue weighted by Gasteiger charge is 2.39. The molecular weight excluding hydrogens is 368 g/mol. The molecule has 8 nitrogen and oxygen atoms in total. The van der Waals surface area contributed by atoms with Crippen LogP contribution in [0.25, 0.3) is 11.0 Å². The fourth-order valence-corrected chi connectivity index (χ4v) is 3.92. The highest BCUT2D eigenvalue weighted by molar-refractivity contribution is 5.97. The monoisotopic (exact) mass is 394 g/mol. The molecule has 0 saturated carbocycles. The number of aliphatic hydroxyl groups is 1. The van der Waals surface area contributed by atoms with E-state index in [1.54, 1.807) is 36.7 Å². The van der Waals surface area contributed by atoms with Crippen LogP contribution in [-0.2, 0) is 0 Å². The minimum absolute atomic E-state index is 0.131. The molecule has 1 unspecified atom stereocenters. The van der Waals surface area contributed by atoms with Gasteiger partial charge in [0.1, 0.15) is 5.60 Å². The van der Waals surface area contributed by atoms with Gasteiger partial charge in [-0.05, 0) is 44.5 Å². The summed E-state index contributed by atoms with van der Waals surface area (Å²) in [6, 6.07) is 7.64. The van der Waals surface area contributed by atoms with E-state index < -0.39 is 5.60 Å². The smallest absolute Gasteiger partial charge is 0.253 e. The first-order valence-electron chi connectivity index (χ1n) is 9.83. The predicted molar refractivity (Wildman–Crippen MR) is 111 cm³/mol. The SMILES string of the molecule is CC(C)n1cnc2cc(C(=O)N(C)CC3(O)CCN(c4ncccn4)C3)ccc21. The van der Waals surface area contributed by atoms with Gasteiger partial charge in [0.2, 0.25) is 5.95 Å². The van der Waals surface area contributed by atoms with Gasteiger partial charge in [-0.2, -0.15) is 0 Å². The lowest BCUT2D eigenvalue weighted by atomic mass is 10.0. The van der Waals surface area contributed by atoms with Crippen LogP contribution in [0, 0.1) is 0 Å². The van der Waals surface area contributed by atoms with E-state index >= 15 is 0 Å². The molecule has 1 atom stereocenters. The highest BCUT2D eigenvalue weighted by Crippen LogP contribution is 2.26. The fourth-order valence-electron chi connectivity index (χ4n) is 3.92. The van der Waals surface area contributed by atoms with Crippen molar-refractivity contribution in [2.45, 2.75) is 31.9 Å². The number of aromatic nitrogens is 4. The van der Waals surface area contributed by atoms with E-state index in [1.807, 2.05) is 23.1 Å². The summed E-state index contributed by atoms with van der Waals surface area (Å²) in [6.45, 7) is 5.49. The van der Waals surface area contributed by atoms with Crippen molar-refractivity contribution in [2.24, 2.45) is 0 Å². The third-order valence-electron chi connectivity index (χ3n) is 5.42. The van der Waals surface area contributed by atoms with E-state index in [1.165, 1.54) is 0 Å². The zero-order chi connectivity index (χ0) is 20.6. The Bertz CT molecular complexity index is 1020. The number of hydrogen-bond acceptors (Lipinski definition) is 6. The lowest BCUT2D eigenvalue weighted by molar-refractivity contribution is 0.0264. The van der Waals surface area contributed by atoms with Gasteiger partial charge < -0.3 is 19.5 Å². The molecule has 1 aliphatic rings. The van der Waals surface area contributed by atoms with Crippen molar-refractivity contribution in [3.8, 4) is 0 Å². The summed E-state index contributed by atoms with van der Waals surface area (Å²) in [5.74, 6) is 0.470. The number of nitrogens with zero attached hydrogens (tertiary/aromatic N) is 6. The van der Waals surface area contributed by atoms with E-state index in [0.29, 0.717) is 37.1 Å². The van der Waals surface area contributed by atoms with E-state index in [2.05, 4.69) is 33.4 Å². The van der Waals surface area contributed by atoms with E-state index in [4.69, 9.17) is 0 Å². The maximum Gasteiger partial charge on any atom is 0.253 e. The predicted octanol–water partition coefficient (Wildman–Crippen LogP) is 2.12. The maximum atomic E-state index is 13.0. The van der Waals surface area contributed by atoms with Gasteiger partial charge in [0.05, 0.1) is 30.5 Å². The highest BCUT2D eigenvalue weighted by atomic mass is 16.3. The standard InChI is InChI=1S/C21H26N6O2/c1-15(2)27-14-24-17-11-16(5-6-18(17)27)19(28)25(3)12-21(29)7-10-26(13-21)20-22-8-4-9-23-20/h4-6,8-9,11,14-15,29H,7,10,12-13H2,1-3H3. The number of imidazole rings is 1. The molecule has 152 valence electrons. The third kappa shape index (κ3) is 3.80. The maximum absolute atomic E-state index is 13.0. The first kappa shape index (κ1) is 19.3. The number of carbonyl (C=O) groups is 1. The van der Waals surface area contributed by atoms with Gasteiger partial charge in [-0.1, -0.05) is 0 Å². The second kappa shape index (κ2) is 7.44. The second-order valence-electron chi connectivity index (χ2n) is 8.05. The summed E-state index contributed by atoms with van der Waals surface area (Å²) in [4.78, 5) is 29.4. The molecule has 1 fully saturated rings. The molecule has 3 aromatic rings. The molecule has 2 aromatic heterocycles. The van der Waals surface area contributed by atoms with E-state index in [-0.39, 0.29) is 12.5 Å². The molecule has 1 saturated heterocycles. The van der Waals surface area contributed by atoms with Crippen LogP contribution in [0.3, 0.4) is 0 Å². The summed E-state index contributed by atoms with van der Waals surface area (Å²) >= 11 is 0. The van der Waals surface area contributed by atoms with Crippen LogP contribution in [0.1, 0.15) is 36.7 Å². The molecule has 8 heteroatoms. The third-order valence-corrected chi connectivity index (χ3v) is 5.42. The van der Waals surface area contributed by atoms with Crippen molar-refractivity contribution in [2.75, 3.05) is 31.6 Å². The van der Waals surface area contributed by atoms with Crippen LogP contribution in [0.5, 0.6) is 0 Å². The molecule has 0 bridgehead atoms. The Morgan fingerprint density at radius 1 is 1.28 bits per heavy atom. The first-order chi connectivity index (χ1) is 13.9. The van der Waals surface area contributed by atoms with Gasteiger partial charge in [-0.25, -0.2) is 15.0 Å². The minimum Gasteiger partial charge on any atom is -0.386 e. The second-order valence-corrected chi connectivity index (χ2v) is 8.05. The number of β-amino-alcohol motifs (C(OH)–C–C–N with tert-alkyl or cyclic N) is 1. The summed E-state index contributed by atoms with van der Waals surface area (Å²) in [6.07, 6.45) is 5.73. The molecule has 4 rings (SSSR count). The average Bonchev–Trinajstić information content (AvgIpc) is 3.31. The van der Waals surface area contributed by atoms with Crippen LogP contribution in [0.15, 0.2) is 43.0 Å². The summed E-state index contributed by atoms with van der Waals surface area (Å²) < 4.78 is 2.08. The Hall–Kier alpha value is -3.00. The Morgan fingerprint density at radius 2 is 2.03 bits per heavy atom. The van der Waals surface area contributed by atoms with Crippen molar-refractivity contribution in [3.05, 3.63) is 48.5 Å². The van der Waals surface area contributed by atoms with Gasteiger partial charge in [0, 0.05) is 37.6 Å². The average molecular weight is 394 g/mol. The van der Waals surface area contributed by atoms with Gasteiger partial charge in [-0.3, -0.25) is 4.79 Å². The van der Waals surface area contributed by atoms with Crippen LogP contribution in [-0.4, -0.2) is 67.7 Å². The van der Waals surface area contributed by atoms with Crippen molar-refractivity contribution in [1.82, 2.24) is 24.4 Å². The Balaban J connectivity index is 1.46. The number of fused-ring (bicyclic) bond motifs is 1. The van der Waals surface area contributed by atoms with E-state index in [0.717, 1.165) is 11.0 Å². The topological polar surface area (TPSA) is 87.4 Å². The fraction of sp³-hybridized carbons (Fsp3) is 0.429. The van der Waals surface area contributed by atoms with Gasteiger partial charge in [0.15, 0.2) is 0 Å². The van der Waals surface area contributed by atoms with Gasteiger partial charge in [-0.15, -0.1) is 0 Å². The molecule has 1 amide bonds. The molecule has 29 heavy (non-hydrogen) atoms. The van der Waals surface area contributed by atoms with Gasteiger partial charge in [0.25, 0.3) is 5.91 Å². The molecule has 0 radical (unpaired) electrons. The number of anilines is 1. The van der Waals surface area contributed by atoms with E-state index in [9.17, 15) is 9.90 Å². The quantitative estimate of drug-likeness (QED) is 0.713. The number of benzene rings is 1. The van der Waals surface area contributed by atoms with Gasteiger partial charge >= 0.3 is 0 Å². The molecular formula is C21H26N6O2. The number of hydrogen-bond donors (Lipinski definition) is 1. The zero-order valence-corrected chi connectivity index (χ0v) is 17.0. The normalized spacial score (nSPS) is 19.3. The zero-order valence-electron chi connectivity index (χ0n) is 17.0. The molecule has 3 heterocycles. The van der Waals surface area contributed by atoms with Crippen LogP contribution in [0.4, 0.5) is 5.95 Å². The summed E-state index contributed by atoms with van der Waals surface area (Å²) in [5, 5.41) is 11.0. The van der Waals surface area contributed by atoms with Crippen molar-refractivity contribution >= 4 is 22.9 Å². The molecule has 1 N–H and O–H groups in total. The largest absolute Gasteiger partial charge is 0.386 e. The minimum atomic E-state index is -0.993. The Labute approximate surface area is 169 Å². The first-order valence-corrected chi connectivity index (χ1v) is 9.83. The lowest BCUT2D eigenvalue weighted by Gasteiger charge is -2.29. The van der Waals surface area contributed by atoms with Crippen LogP contribution in [0.2, 0.25) is 0 Å². The van der Waals surface area contributed by atoms with Crippen molar-refractivity contribution in [1.29, 1.82) is 0 Å². The van der Waals surface area contributed by atoms with Crippen LogP contribution < -0.4 is 4.90 Å². The Morgan fingerprint density at radius 3 is 2.76 bits per heavy atom. The molecule has 1 aliphatic heterocycles. The molecule has 0 aliphatic carbocycles. The number of rotatable bonds is 5. The number of carbonyl (C=O) groups excluding carboxylic acids is 1. The van der Waals surface area contributed by atoms with Crippen molar-refractivity contribution < 1.29 is 9.90 Å². The van der Waals surface area contributed by atoms with Crippen molar-refractivity contribution in [3.63, 3.8) is 0 Å². The number of likely N-dealkylation sites (N-methyl/N-ethyl adjacent to an activating group) is 1. The Kier molecular flexibility index (Phi) is 4.96. The molecule has 0 spiro atoms. The number of amides is 1. The summed E-state index contributed by atoms with van der Waals surface area (Å²) in [5.41, 5.74) is 1.38. The summed E-state index contributed by atoms with van der Waals surface area (Å²) in [7, 11) is 1.72. The van der Waals surface area contributed by atoms with Crippen LogP contribution >= 0.6 is 0 Å².